The maximum Gasteiger partial charge on any atom is 0.433 e. The van der Waals surface area contributed by atoms with E-state index in [0.29, 0.717) is 49.3 Å². The number of aromatic nitrogens is 2. The van der Waals surface area contributed by atoms with E-state index in [1.54, 1.807) is 0 Å². The molecule has 6 nitrogen and oxygen atoms in total. The summed E-state index contributed by atoms with van der Waals surface area (Å²) < 4.78 is 51.9. The van der Waals surface area contributed by atoms with E-state index in [1.807, 2.05) is 13.8 Å². The van der Waals surface area contributed by atoms with Gasteiger partial charge in [0.2, 0.25) is 0 Å². The fraction of sp³-hybridized carbons (Fsp3) is 0.615. The highest BCUT2D eigenvalue weighted by atomic mass is 19.4. The van der Waals surface area contributed by atoms with Crippen LogP contribution in [0, 0.1) is 5.41 Å². The van der Waals surface area contributed by atoms with E-state index < -0.39 is 35.8 Å². The lowest BCUT2D eigenvalue weighted by Crippen LogP contribution is -2.37. The molecule has 6 rings (SSSR count). The second kappa shape index (κ2) is 7.71. The van der Waals surface area contributed by atoms with Crippen molar-refractivity contribution in [3.8, 4) is 0 Å². The van der Waals surface area contributed by atoms with Gasteiger partial charge in [-0.25, -0.2) is 0 Å². The Labute approximate surface area is 201 Å². The molecule has 2 spiro atoms. The molecule has 188 valence electrons. The van der Waals surface area contributed by atoms with Gasteiger partial charge in [-0.2, -0.15) is 13.2 Å². The molecular formula is C26H29F3N2O4. The van der Waals surface area contributed by atoms with Gasteiger partial charge in [-0.05, 0) is 36.8 Å². The maximum atomic E-state index is 13.2. The zero-order valence-electron chi connectivity index (χ0n) is 19.7. The molecule has 2 aliphatic heterocycles. The molecule has 4 aliphatic rings. The van der Waals surface area contributed by atoms with Crippen LogP contribution >= 0.6 is 0 Å². The molecule has 2 N–H and O–H groups in total. The summed E-state index contributed by atoms with van der Waals surface area (Å²) in [6.07, 6.45) is -2.24. The van der Waals surface area contributed by atoms with Crippen LogP contribution in [0.4, 0.5) is 13.2 Å². The number of hydrogen-bond donors (Lipinski definition) is 2. The molecule has 9 heteroatoms. The number of hydrogen-bond acceptors (Lipinski definition) is 6. The first-order valence-electron chi connectivity index (χ1n) is 12.3. The Hall–Kier alpha value is -2.07. The normalized spacial score (nSPS) is 28.4. The van der Waals surface area contributed by atoms with E-state index in [4.69, 9.17) is 14.5 Å². The quantitative estimate of drug-likeness (QED) is 0.617. The summed E-state index contributed by atoms with van der Waals surface area (Å²) in [5, 5.41) is 22.7. The van der Waals surface area contributed by atoms with Crippen LogP contribution in [0.15, 0.2) is 18.3 Å². The molecule has 2 aromatic heterocycles. The van der Waals surface area contributed by atoms with Crippen molar-refractivity contribution in [1.82, 2.24) is 9.97 Å². The van der Waals surface area contributed by atoms with Gasteiger partial charge in [0.15, 0.2) is 0 Å². The van der Waals surface area contributed by atoms with E-state index in [-0.39, 0.29) is 11.3 Å². The molecule has 4 heterocycles. The molecule has 0 unspecified atom stereocenters. The maximum absolute atomic E-state index is 13.2. The smallest absolute Gasteiger partial charge is 0.388 e. The first-order chi connectivity index (χ1) is 16.6. The number of alkyl halides is 3. The summed E-state index contributed by atoms with van der Waals surface area (Å²) in [5.41, 5.74) is 2.02. The molecule has 0 aromatic carbocycles. The van der Waals surface area contributed by atoms with Crippen molar-refractivity contribution >= 4 is 0 Å². The first kappa shape index (κ1) is 23.3. The minimum atomic E-state index is -4.53. The molecule has 2 aromatic rings. The second-order valence-corrected chi connectivity index (χ2v) is 10.8. The average molecular weight is 491 g/mol. The summed E-state index contributed by atoms with van der Waals surface area (Å²) in [6.45, 7) is 4.94. The van der Waals surface area contributed by atoms with Crippen molar-refractivity contribution in [3.05, 3.63) is 57.7 Å². The third kappa shape index (κ3) is 3.46. The van der Waals surface area contributed by atoms with E-state index in [9.17, 15) is 23.4 Å². The highest BCUT2D eigenvalue weighted by molar-refractivity contribution is 5.55. The van der Waals surface area contributed by atoms with Crippen molar-refractivity contribution in [3.63, 3.8) is 0 Å². The Morgan fingerprint density at radius 3 is 2.34 bits per heavy atom. The molecular weight excluding hydrogens is 461 g/mol. The molecule has 0 bridgehead atoms. The van der Waals surface area contributed by atoms with E-state index in [2.05, 4.69) is 4.98 Å². The van der Waals surface area contributed by atoms with Gasteiger partial charge in [0.1, 0.15) is 17.9 Å². The molecule has 0 radical (unpaired) electrons. The van der Waals surface area contributed by atoms with Gasteiger partial charge in [0, 0.05) is 60.1 Å². The number of rotatable bonds is 2. The number of ether oxygens (including phenoxy) is 2. The summed E-state index contributed by atoms with van der Waals surface area (Å²) in [6, 6.07) is 2.39. The van der Waals surface area contributed by atoms with Crippen molar-refractivity contribution < 1.29 is 32.9 Å². The fourth-order valence-corrected chi connectivity index (χ4v) is 6.30. The van der Waals surface area contributed by atoms with Crippen LogP contribution in [0.25, 0.3) is 0 Å². The minimum Gasteiger partial charge on any atom is -0.388 e. The number of fused-ring (bicyclic) bond motifs is 4. The highest BCUT2D eigenvalue weighted by Crippen LogP contribution is 2.65. The number of halogens is 3. The average Bonchev–Trinajstić information content (AvgIpc) is 3.53. The number of aliphatic hydroxyl groups excluding tert-OH is 2. The van der Waals surface area contributed by atoms with Gasteiger partial charge in [-0.3, -0.25) is 9.97 Å². The third-order valence-corrected chi connectivity index (χ3v) is 8.28. The second-order valence-electron chi connectivity index (χ2n) is 10.8. The number of nitrogens with zero attached hydrogens (tertiary/aromatic N) is 2. The van der Waals surface area contributed by atoms with Crippen LogP contribution in [0.2, 0.25) is 0 Å². The Bertz CT molecular complexity index is 1150. The summed E-state index contributed by atoms with van der Waals surface area (Å²) >= 11 is 0. The molecule has 35 heavy (non-hydrogen) atoms. The lowest BCUT2D eigenvalue weighted by atomic mass is 9.72. The predicted octanol–water partition coefficient (Wildman–Crippen LogP) is 4.99. The third-order valence-electron chi connectivity index (χ3n) is 8.28. The zero-order valence-corrected chi connectivity index (χ0v) is 19.7. The largest absolute Gasteiger partial charge is 0.433 e. The number of pyridine rings is 2. The van der Waals surface area contributed by atoms with Crippen LogP contribution in [-0.2, 0) is 21.3 Å². The molecule has 2 aliphatic carbocycles. The van der Waals surface area contributed by atoms with E-state index in [1.165, 1.54) is 12.3 Å². The molecule has 1 saturated heterocycles. The van der Waals surface area contributed by atoms with Gasteiger partial charge in [-0.1, -0.05) is 19.9 Å². The van der Waals surface area contributed by atoms with Crippen LogP contribution in [0.3, 0.4) is 0 Å². The van der Waals surface area contributed by atoms with E-state index >= 15 is 0 Å². The highest BCUT2D eigenvalue weighted by Gasteiger charge is 2.59. The van der Waals surface area contributed by atoms with Gasteiger partial charge in [0.05, 0.1) is 17.4 Å². The summed E-state index contributed by atoms with van der Waals surface area (Å²) in [4.78, 5) is 8.62. The Morgan fingerprint density at radius 2 is 1.77 bits per heavy atom. The summed E-state index contributed by atoms with van der Waals surface area (Å²) in [7, 11) is 0. The van der Waals surface area contributed by atoms with Crippen LogP contribution in [0.1, 0.15) is 110 Å². The van der Waals surface area contributed by atoms with Gasteiger partial charge < -0.3 is 19.7 Å². The van der Waals surface area contributed by atoms with Crippen molar-refractivity contribution in [1.29, 1.82) is 0 Å². The predicted molar refractivity (Wildman–Crippen MR) is 118 cm³/mol. The topological polar surface area (TPSA) is 84.7 Å². The molecule has 3 atom stereocenters. The molecule has 1 saturated carbocycles. The zero-order chi connectivity index (χ0) is 24.8. The van der Waals surface area contributed by atoms with Crippen molar-refractivity contribution in [2.45, 2.75) is 82.0 Å². The van der Waals surface area contributed by atoms with Crippen molar-refractivity contribution in [2.75, 3.05) is 13.2 Å². The lowest BCUT2D eigenvalue weighted by molar-refractivity contribution is -0.141. The van der Waals surface area contributed by atoms with Gasteiger partial charge in [0.25, 0.3) is 0 Å². The van der Waals surface area contributed by atoms with Crippen LogP contribution < -0.4 is 0 Å². The van der Waals surface area contributed by atoms with Crippen LogP contribution in [0.5, 0.6) is 0 Å². The standard InChI is InChI=1S/C26H29F3N2O4/c1-13(2)20-18-19(17-15(32)11-24(5-6-24)23(33)21(17)31-20)25(7-9-34-10-8-25)35-22(18)14-3-4-16(30-12-14)26(27,28)29/h3-4,12-13,15,22-23,32-33H,5-11H2,1-2H3/t15-,22+,23-/m0/s1. The van der Waals surface area contributed by atoms with Gasteiger partial charge in [-0.15, -0.1) is 0 Å². The first-order valence-corrected chi connectivity index (χ1v) is 12.3. The van der Waals surface area contributed by atoms with Gasteiger partial charge >= 0.3 is 6.18 Å². The minimum absolute atomic E-state index is 0.0287. The Balaban J connectivity index is 1.58. The SMILES string of the molecule is CC(C)c1nc2c(c3c1[C@@H](c1ccc(C(F)(F)F)nc1)OC31CCOCC1)[C@@H](O)CC1(CC1)[C@H]2O. The number of aliphatic hydroxyl groups is 2. The molecule has 0 amide bonds. The fourth-order valence-electron chi connectivity index (χ4n) is 6.30. The molecule has 2 fully saturated rings. The Morgan fingerprint density at radius 1 is 1.06 bits per heavy atom. The van der Waals surface area contributed by atoms with E-state index in [0.717, 1.165) is 35.7 Å². The summed E-state index contributed by atoms with van der Waals surface area (Å²) in [5.74, 6) is -0.0287. The Kier molecular flexibility index (Phi) is 5.14. The van der Waals surface area contributed by atoms with Crippen LogP contribution in [-0.4, -0.2) is 33.4 Å². The monoisotopic (exact) mass is 490 g/mol. The van der Waals surface area contributed by atoms with Crippen molar-refractivity contribution in [2.24, 2.45) is 5.41 Å². The lowest BCUT2D eigenvalue weighted by Gasteiger charge is -2.40.